The van der Waals surface area contributed by atoms with Crippen molar-refractivity contribution in [3.8, 4) is 5.75 Å². The highest BCUT2D eigenvalue weighted by Crippen LogP contribution is 2.21. The standard InChI is InChI=1S/C19H21Cl2NO2S/c1-2-18(24-16-8-5-7-15(20)12-16)19(23)22-10-11-25-13-14-6-3-4-9-17(14)21/h3-9,12,18H,2,10-11,13H2,1H3,(H,22,23)/t18-/m1/s1. The largest absolute Gasteiger partial charge is 0.481 e. The molecule has 1 atom stereocenters. The molecule has 0 aliphatic carbocycles. The number of hydrogen-bond donors (Lipinski definition) is 1. The Balaban J connectivity index is 1.72. The molecule has 0 heterocycles. The SMILES string of the molecule is CC[C@@H](Oc1cccc(Cl)c1)C(=O)NCCSCc1ccccc1Cl. The molecule has 25 heavy (non-hydrogen) atoms. The van der Waals surface area contributed by atoms with Gasteiger partial charge in [-0.1, -0.05) is 54.4 Å². The highest BCUT2D eigenvalue weighted by atomic mass is 35.5. The van der Waals surface area contributed by atoms with E-state index in [2.05, 4.69) is 5.32 Å². The maximum atomic E-state index is 12.3. The monoisotopic (exact) mass is 397 g/mol. The van der Waals surface area contributed by atoms with Gasteiger partial charge in [-0.3, -0.25) is 4.79 Å². The van der Waals surface area contributed by atoms with Gasteiger partial charge in [0, 0.05) is 28.1 Å². The first-order valence-corrected chi connectivity index (χ1v) is 10.0. The molecular weight excluding hydrogens is 377 g/mol. The molecule has 1 N–H and O–H groups in total. The molecule has 0 saturated heterocycles. The molecule has 0 aliphatic heterocycles. The van der Waals surface area contributed by atoms with Gasteiger partial charge in [0.1, 0.15) is 5.75 Å². The zero-order valence-electron chi connectivity index (χ0n) is 14.0. The lowest BCUT2D eigenvalue weighted by atomic mass is 10.2. The van der Waals surface area contributed by atoms with Crippen molar-refractivity contribution in [2.24, 2.45) is 0 Å². The van der Waals surface area contributed by atoms with Crippen molar-refractivity contribution in [3.63, 3.8) is 0 Å². The van der Waals surface area contributed by atoms with E-state index in [4.69, 9.17) is 27.9 Å². The molecule has 2 rings (SSSR count). The normalized spacial score (nSPS) is 11.8. The summed E-state index contributed by atoms with van der Waals surface area (Å²) < 4.78 is 5.73. The topological polar surface area (TPSA) is 38.3 Å². The molecule has 0 radical (unpaired) electrons. The van der Waals surface area contributed by atoms with Crippen LogP contribution in [0.4, 0.5) is 0 Å². The minimum atomic E-state index is -0.521. The number of benzene rings is 2. The van der Waals surface area contributed by atoms with Gasteiger partial charge in [0.05, 0.1) is 0 Å². The lowest BCUT2D eigenvalue weighted by molar-refractivity contribution is -0.127. The molecule has 0 spiro atoms. The molecule has 2 aromatic rings. The Morgan fingerprint density at radius 2 is 2.00 bits per heavy atom. The summed E-state index contributed by atoms with van der Waals surface area (Å²) >= 11 is 13.8. The summed E-state index contributed by atoms with van der Waals surface area (Å²) in [4.78, 5) is 12.3. The maximum absolute atomic E-state index is 12.3. The van der Waals surface area contributed by atoms with Crippen LogP contribution in [0.1, 0.15) is 18.9 Å². The van der Waals surface area contributed by atoms with Crippen molar-refractivity contribution in [1.82, 2.24) is 5.32 Å². The maximum Gasteiger partial charge on any atom is 0.261 e. The van der Waals surface area contributed by atoms with Crippen LogP contribution < -0.4 is 10.1 Å². The Kier molecular flexibility index (Phi) is 8.45. The van der Waals surface area contributed by atoms with Crippen LogP contribution in [0.25, 0.3) is 0 Å². The molecular formula is C19H21Cl2NO2S. The minimum absolute atomic E-state index is 0.110. The van der Waals surface area contributed by atoms with Crippen LogP contribution in [0.15, 0.2) is 48.5 Å². The summed E-state index contributed by atoms with van der Waals surface area (Å²) in [6.45, 7) is 2.50. The number of carbonyl (C=O) groups is 1. The van der Waals surface area contributed by atoms with Gasteiger partial charge in [-0.05, 0) is 36.2 Å². The fourth-order valence-electron chi connectivity index (χ4n) is 2.18. The summed E-state index contributed by atoms with van der Waals surface area (Å²) in [5.74, 6) is 2.12. The van der Waals surface area contributed by atoms with Crippen LogP contribution in [0, 0.1) is 0 Å². The molecule has 0 fully saturated rings. The first-order chi connectivity index (χ1) is 12.1. The zero-order valence-corrected chi connectivity index (χ0v) is 16.3. The number of rotatable bonds is 9. The second-order valence-electron chi connectivity index (χ2n) is 5.41. The molecule has 0 unspecified atom stereocenters. The fourth-order valence-corrected chi connectivity index (χ4v) is 3.51. The molecule has 134 valence electrons. The number of carbonyl (C=O) groups excluding carboxylic acids is 1. The van der Waals surface area contributed by atoms with E-state index in [0.29, 0.717) is 23.7 Å². The molecule has 6 heteroatoms. The van der Waals surface area contributed by atoms with Crippen molar-refractivity contribution in [1.29, 1.82) is 0 Å². The predicted octanol–water partition coefficient (Wildman–Crippen LogP) is 5.20. The Bertz CT molecular complexity index is 697. The fraction of sp³-hybridized carbons (Fsp3) is 0.316. The van der Waals surface area contributed by atoms with E-state index in [1.54, 1.807) is 36.0 Å². The van der Waals surface area contributed by atoms with E-state index in [9.17, 15) is 4.79 Å². The van der Waals surface area contributed by atoms with Crippen molar-refractivity contribution >= 4 is 40.9 Å². The summed E-state index contributed by atoms with van der Waals surface area (Å²) in [7, 11) is 0. The minimum Gasteiger partial charge on any atom is -0.481 e. The van der Waals surface area contributed by atoms with E-state index in [-0.39, 0.29) is 5.91 Å². The van der Waals surface area contributed by atoms with Gasteiger partial charge in [0.25, 0.3) is 5.91 Å². The zero-order chi connectivity index (χ0) is 18.1. The van der Waals surface area contributed by atoms with Gasteiger partial charge in [0.2, 0.25) is 0 Å². The van der Waals surface area contributed by atoms with Crippen LogP contribution in [0.5, 0.6) is 5.75 Å². The first kappa shape index (κ1) is 20.0. The summed E-state index contributed by atoms with van der Waals surface area (Å²) in [5, 5.41) is 4.28. The van der Waals surface area contributed by atoms with Crippen LogP contribution in [0.3, 0.4) is 0 Å². The van der Waals surface area contributed by atoms with E-state index < -0.39 is 6.10 Å². The summed E-state index contributed by atoms with van der Waals surface area (Å²) in [6.07, 6.45) is 0.0671. The van der Waals surface area contributed by atoms with Crippen LogP contribution in [-0.4, -0.2) is 24.3 Å². The number of nitrogens with one attached hydrogen (secondary N) is 1. The Morgan fingerprint density at radius 1 is 1.20 bits per heavy atom. The number of halogens is 2. The molecule has 3 nitrogen and oxygen atoms in total. The highest BCUT2D eigenvalue weighted by molar-refractivity contribution is 7.98. The van der Waals surface area contributed by atoms with Crippen molar-refractivity contribution in [2.45, 2.75) is 25.2 Å². The van der Waals surface area contributed by atoms with Gasteiger partial charge in [-0.15, -0.1) is 0 Å². The smallest absolute Gasteiger partial charge is 0.261 e. The quantitative estimate of drug-likeness (QED) is 0.590. The van der Waals surface area contributed by atoms with Crippen LogP contribution >= 0.6 is 35.0 Å². The lowest BCUT2D eigenvalue weighted by Gasteiger charge is -2.17. The average molecular weight is 398 g/mol. The molecule has 0 bridgehead atoms. The Labute approximate surface area is 163 Å². The lowest BCUT2D eigenvalue weighted by Crippen LogP contribution is -2.39. The third-order valence-electron chi connectivity index (χ3n) is 3.50. The molecule has 1 amide bonds. The van der Waals surface area contributed by atoms with Gasteiger partial charge < -0.3 is 10.1 Å². The van der Waals surface area contributed by atoms with Crippen molar-refractivity contribution in [2.75, 3.05) is 12.3 Å². The van der Waals surface area contributed by atoms with E-state index in [0.717, 1.165) is 22.1 Å². The number of amides is 1. The number of thioether (sulfide) groups is 1. The van der Waals surface area contributed by atoms with E-state index in [1.807, 2.05) is 31.2 Å². The Hall–Kier alpha value is -1.36. The average Bonchev–Trinajstić information content (AvgIpc) is 2.60. The number of ether oxygens (including phenoxy) is 1. The predicted molar refractivity (Wildman–Crippen MR) is 107 cm³/mol. The Morgan fingerprint density at radius 3 is 2.72 bits per heavy atom. The first-order valence-electron chi connectivity index (χ1n) is 8.11. The van der Waals surface area contributed by atoms with E-state index in [1.165, 1.54) is 0 Å². The van der Waals surface area contributed by atoms with Crippen LogP contribution in [0.2, 0.25) is 10.0 Å². The van der Waals surface area contributed by atoms with Gasteiger partial charge >= 0.3 is 0 Å². The van der Waals surface area contributed by atoms with Crippen LogP contribution in [-0.2, 0) is 10.5 Å². The van der Waals surface area contributed by atoms with Gasteiger partial charge in [-0.2, -0.15) is 11.8 Å². The molecule has 2 aromatic carbocycles. The highest BCUT2D eigenvalue weighted by Gasteiger charge is 2.17. The second kappa shape index (κ2) is 10.6. The van der Waals surface area contributed by atoms with E-state index >= 15 is 0 Å². The van der Waals surface area contributed by atoms with Gasteiger partial charge in [-0.25, -0.2) is 0 Å². The van der Waals surface area contributed by atoms with Gasteiger partial charge in [0.15, 0.2) is 6.10 Å². The summed E-state index contributed by atoms with van der Waals surface area (Å²) in [5.41, 5.74) is 1.11. The third-order valence-corrected chi connectivity index (χ3v) is 5.11. The number of hydrogen-bond acceptors (Lipinski definition) is 3. The molecule has 0 aliphatic rings. The van der Waals surface area contributed by atoms with Crippen molar-refractivity contribution in [3.05, 3.63) is 64.1 Å². The van der Waals surface area contributed by atoms with Crippen molar-refractivity contribution < 1.29 is 9.53 Å². The summed E-state index contributed by atoms with van der Waals surface area (Å²) in [6, 6.07) is 14.9. The molecule has 0 aromatic heterocycles. The molecule has 0 saturated carbocycles. The second-order valence-corrected chi connectivity index (χ2v) is 7.36. The third kappa shape index (κ3) is 6.81.